The Morgan fingerprint density at radius 1 is 1.27 bits per heavy atom. The van der Waals surface area contributed by atoms with Crippen molar-refractivity contribution >= 4 is 5.91 Å². The van der Waals surface area contributed by atoms with Crippen LogP contribution in [0.25, 0.3) is 11.1 Å². The fraction of sp³-hybridized carbons (Fsp3) is 0.429. The van der Waals surface area contributed by atoms with Crippen molar-refractivity contribution in [2.45, 2.75) is 32.3 Å². The lowest BCUT2D eigenvalue weighted by molar-refractivity contribution is 0.00211. The highest BCUT2D eigenvalue weighted by Crippen LogP contribution is 2.24. The molecule has 1 aromatic heterocycles. The first kappa shape index (κ1) is 18.4. The van der Waals surface area contributed by atoms with Crippen molar-refractivity contribution in [2.24, 2.45) is 0 Å². The Morgan fingerprint density at radius 3 is 2.96 bits per heavy atom. The van der Waals surface area contributed by atoms with Gasteiger partial charge in [0.15, 0.2) is 0 Å². The third-order valence-corrected chi connectivity index (χ3v) is 4.61. The van der Waals surface area contributed by atoms with Gasteiger partial charge in [0.1, 0.15) is 5.75 Å². The van der Waals surface area contributed by atoms with Crippen molar-refractivity contribution < 1.29 is 14.3 Å². The number of hydrogen-bond donors (Lipinski definition) is 0. The first-order chi connectivity index (χ1) is 12.7. The summed E-state index contributed by atoms with van der Waals surface area (Å²) >= 11 is 0. The number of carbonyl (C=O) groups excluding carboxylic acids is 1. The number of pyridine rings is 1. The van der Waals surface area contributed by atoms with Crippen LogP contribution in [-0.2, 0) is 4.74 Å². The first-order valence-electron chi connectivity index (χ1n) is 9.21. The predicted molar refractivity (Wildman–Crippen MR) is 101 cm³/mol. The molecule has 26 heavy (non-hydrogen) atoms. The Kier molecular flexibility index (Phi) is 6.23. The quantitative estimate of drug-likeness (QED) is 0.792. The number of nitrogens with zero attached hydrogens (tertiary/aromatic N) is 2. The minimum absolute atomic E-state index is 0.0625. The molecule has 1 saturated heterocycles. The zero-order valence-electron chi connectivity index (χ0n) is 15.5. The van der Waals surface area contributed by atoms with E-state index in [1.165, 1.54) is 0 Å². The van der Waals surface area contributed by atoms with Gasteiger partial charge >= 0.3 is 0 Å². The maximum atomic E-state index is 13.0. The second kappa shape index (κ2) is 8.81. The van der Waals surface area contributed by atoms with Crippen LogP contribution in [0.2, 0.25) is 0 Å². The largest absolute Gasteiger partial charge is 0.495 e. The number of carbonyl (C=O) groups is 1. The third-order valence-electron chi connectivity index (χ3n) is 4.61. The number of ether oxygens (including phenoxy) is 2. The van der Waals surface area contributed by atoms with Crippen LogP contribution in [0.15, 0.2) is 42.7 Å². The van der Waals surface area contributed by atoms with Crippen LogP contribution < -0.4 is 4.74 Å². The SMILES string of the molecule is CCCOC1CCCN(C(=O)c2cccc(-c3cncc(OC)c3)c2)C1. The van der Waals surface area contributed by atoms with Crippen molar-refractivity contribution in [3.63, 3.8) is 0 Å². The second-order valence-electron chi connectivity index (χ2n) is 6.58. The van der Waals surface area contributed by atoms with E-state index in [1.807, 2.05) is 35.2 Å². The van der Waals surface area contributed by atoms with E-state index in [0.717, 1.165) is 43.5 Å². The number of methoxy groups -OCH3 is 1. The lowest BCUT2D eigenvalue weighted by atomic mass is 10.0. The van der Waals surface area contributed by atoms with Gasteiger partial charge < -0.3 is 14.4 Å². The molecule has 1 aliphatic rings. The van der Waals surface area contributed by atoms with Gasteiger partial charge in [-0.1, -0.05) is 19.1 Å². The normalized spacial score (nSPS) is 17.2. The second-order valence-corrected chi connectivity index (χ2v) is 6.58. The molecule has 1 amide bonds. The lowest BCUT2D eigenvalue weighted by Gasteiger charge is -2.32. The summed E-state index contributed by atoms with van der Waals surface area (Å²) in [6.07, 6.45) is 6.61. The number of benzene rings is 1. The van der Waals surface area contributed by atoms with Crippen LogP contribution in [-0.4, -0.2) is 48.7 Å². The molecule has 1 aromatic carbocycles. The van der Waals surface area contributed by atoms with Gasteiger partial charge in [-0.3, -0.25) is 9.78 Å². The van der Waals surface area contributed by atoms with Crippen LogP contribution in [0.1, 0.15) is 36.5 Å². The molecular formula is C21H26N2O3. The molecule has 0 radical (unpaired) electrons. The molecule has 0 N–H and O–H groups in total. The molecule has 0 saturated carbocycles. The summed E-state index contributed by atoms with van der Waals surface area (Å²) in [6, 6.07) is 9.62. The Balaban J connectivity index is 1.75. The van der Waals surface area contributed by atoms with Crippen LogP contribution >= 0.6 is 0 Å². The fourth-order valence-electron chi connectivity index (χ4n) is 3.25. The molecule has 1 fully saturated rings. The highest BCUT2D eigenvalue weighted by Gasteiger charge is 2.25. The Hall–Kier alpha value is -2.40. The van der Waals surface area contributed by atoms with Crippen molar-refractivity contribution in [3.8, 4) is 16.9 Å². The molecule has 0 spiro atoms. The van der Waals surface area contributed by atoms with E-state index in [1.54, 1.807) is 19.5 Å². The maximum absolute atomic E-state index is 13.0. The zero-order chi connectivity index (χ0) is 18.4. The van der Waals surface area contributed by atoms with Crippen LogP contribution in [0, 0.1) is 0 Å². The average Bonchev–Trinajstić information content (AvgIpc) is 2.72. The summed E-state index contributed by atoms with van der Waals surface area (Å²) in [7, 11) is 1.62. The van der Waals surface area contributed by atoms with Crippen LogP contribution in [0.3, 0.4) is 0 Å². The molecular weight excluding hydrogens is 328 g/mol. The highest BCUT2D eigenvalue weighted by molar-refractivity contribution is 5.95. The van der Waals surface area contributed by atoms with Crippen LogP contribution in [0.4, 0.5) is 0 Å². The number of amides is 1. The zero-order valence-corrected chi connectivity index (χ0v) is 15.5. The standard InChI is InChI=1S/C21H26N2O3/c1-3-10-26-19-8-5-9-23(15-19)21(24)17-7-4-6-16(11-17)18-12-20(25-2)14-22-13-18/h4,6-7,11-14,19H,3,5,8-10,15H2,1-2H3. The van der Waals surface area contributed by atoms with E-state index in [2.05, 4.69) is 11.9 Å². The molecule has 2 aromatic rings. The van der Waals surface area contributed by atoms with Gasteiger partial charge in [-0.25, -0.2) is 0 Å². The number of aromatic nitrogens is 1. The van der Waals surface area contributed by atoms with Crippen molar-refractivity contribution in [3.05, 3.63) is 48.3 Å². The fourth-order valence-corrected chi connectivity index (χ4v) is 3.25. The summed E-state index contributed by atoms with van der Waals surface area (Å²) in [5.41, 5.74) is 2.58. The minimum atomic E-state index is 0.0625. The predicted octanol–water partition coefficient (Wildman–Crippen LogP) is 3.79. The van der Waals surface area contributed by atoms with E-state index in [4.69, 9.17) is 9.47 Å². The van der Waals surface area contributed by atoms with Crippen molar-refractivity contribution in [1.29, 1.82) is 0 Å². The Bertz CT molecular complexity index is 748. The Morgan fingerprint density at radius 2 is 2.15 bits per heavy atom. The summed E-state index contributed by atoms with van der Waals surface area (Å²) in [5.74, 6) is 0.763. The van der Waals surface area contributed by atoms with Gasteiger partial charge in [0.05, 0.1) is 19.4 Å². The first-order valence-corrected chi connectivity index (χ1v) is 9.21. The molecule has 1 unspecified atom stereocenters. The van der Waals surface area contributed by atoms with E-state index in [9.17, 15) is 4.79 Å². The van der Waals surface area contributed by atoms with Gasteiger partial charge in [-0.05, 0) is 43.0 Å². The topological polar surface area (TPSA) is 51.7 Å². The monoisotopic (exact) mass is 354 g/mol. The lowest BCUT2D eigenvalue weighted by Crippen LogP contribution is -2.43. The molecule has 0 bridgehead atoms. The number of likely N-dealkylation sites (tertiary alicyclic amines) is 1. The maximum Gasteiger partial charge on any atom is 0.253 e. The molecule has 1 atom stereocenters. The number of rotatable bonds is 6. The summed E-state index contributed by atoms with van der Waals surface area (Å²) in [4.78, 5) is 19.1. The Labute approximate surface area is 155 Å². The third kappa shape index (κ3) is 4.41. The molecule has 2 heterocycles. The summed E-state index contributed by atoms with van der Waals surface area (Å²) in [6.45, 7) is 4.31. The van der Waals surface area contributed by atoms with E-state index < -0.39 is 0 Å². The van der Waals surface area contributed by atoms with Gasteiger partial charge in [-0.15, -0.1) is 0 Å². The van der Waals surface area contributed by atoms with Crippen molar-refractivity contribution in [1.82, 2.24) is 9.88 Å². The molecule has 5 heteroatoms. The molecule has 5 nitrogen and oxygen atoms in total. The van der Waals surface area contributed by atoms with Crippen molar-refractivity contribution in [2.75, 3.05) is 26.8 Å². The highest BCUT2D eigenvalue weighted by atomic mass is 16.5. The summed E-state index contributed by atoms with van der Waals surface area (Å²) < 4.78 is 11.1. The minimum Gasteiger partial charge on any atom is -0.495 e. The van der Waals surface area contributed by atoms with Gasteiger partial charge in [-0.2, -0.15) is 0 Å². The van der Waals surface area contributed by atoms with E-state index >= 15 is 0 Å². The average molecular weight is 354 g/mol. The van der Waals surface area contributed by atoms with Gasteiger partial charge in [0.25, 0.3) is 5.91 Å². The van der Waals surface area contributed by atoms with Gasteiger partial charge in [0.2, 0.25) is 0 Å². The number of hydrogen-bond acceptors (Lipinski definition) is 4. The molecule has 1 aliphatic heterocycles. The van der Waals surface area contributed by atoms with Gasteiger partial charge in [0, 0.05) is 37.0 Å². The molecule has 138 valence electrons. The smallest absolute Gasteiger partial charge is 0.253 e. The summed E-state index contributed by atoms with van der Waals surface area (Å²) in [5, 5.41) is 0. The molecule has 3 rings (SSSR count). The van der Waals surface area contributed by atoms with E-state index in [0.29, 0.717) is 17.9 Å². The van der Waals surface area contributed by atoms with E-state index in [-0.39, 0.29) is 12.0 Å². The molecule has 0 aliphatic carbocycles. The van der Waals surface area contributed by atoms with Crippen LogP contribution in [0.5, 0.6) is 5.75 Å². The number of piperidine rings is 1.